The van der Waals surface area contributed by atoms with Crippen LogP contribution in [0.15, 0.2) is 36.0 Å². The predicted molar refractivity (Wildman–Crippen MR) is 66.8 cm³/mol. The van der Waals surface area contributed by atoms with E-state index in [-0.39, 0.29) is 5.75 Å². The molecular weight excluding hydrogens is 270 g/mol. The van der Waals surface area contributed by atoms with Crippen LogP contribution < -0.4 is 9.41 Å². The number of rotatable bonds is 3. The monoisotopic (exact) mass is 281 g/mol. The maximum atomic E-state index is 9.40. The first-order valence-corrected chi connectivity index (χ1v) is 5.16. The molecule has 20 heavy (non-hydrogen) atoms. The van der Waals surface area contributed by atoms with Gasteiger partial charge >= 0.3 is 0 Å². The Morgan fingerprint density at radius 2 is 2.25 bits per heavy atom. The number of nitrogens with zero attached hydrogens (tertiary/aromatic N) is 4. The summed E-state index contributed by atoms with van der Waals surface area (Å²) in [4.78, 5) is 8.25. The molecule has 1 heterocycles. The zero-order chi connectivity index (χ0) is 15.0. The van der Waals surface area contributed by atoms with Crippen molar-refractivity contribution in [1.29, 1.82) is 0 Å². The highest BCUT2D eigenvalue weighted by molar-refractivity contribution is 5.80. The molecule has 0 radical (unpaired) electrons. The first kappa shape index (κ1) is 14.9. The molecule has 0 amide bonds. The van der Waals surface area contributed by atoms with E-state index in [0.29, 0.717) is 5.75 Å². The quantitative estimate of drug-likeness (QED) is 0.352. The van der Waals surface area contributed by atoms with Crippen LogP contribution in [0.4, 0.5) is 0 Å². The molecule has 1 aromatic heterocycles. The smallest absolute Gasteiger partial charge is 0.288 e. The van der Waals surface area contributed by atoms with Gasteiger partial charge in [-0.2, -0.15) is 0 Å². The van der Waals surface area contributed by atoms with Gasteiger partial charge in [0.25, 0.3) is 6.33 Å². The second-order valence-corrected chi connectivity index (χ2v) is 3.28. The summed E-state index contributed by atoms with van der Waals surface area (Å²) in [6.45, 7) is 0. The second-order valence-electron chi connectivity index (χ2n) is 3.28. The van der Waals surface area contributed by atoms with Crippen molar-refractivity contribution in [1.82, 2.24) is 10.2 Å². The lowest BCUT2D eigenvalue weighted by atomic mass is 10.2. The van der Waals surface area contributed by atoms with Gasteiger partial charge < -0.3 is 25.2 Å². The van der Waals surface area contributed by atoms with Crippen LogP contribution in [0.1, 0.15) is 5.56 Å². The average Bonchev–Trinajstić information content (AvgIpc) is 2.90. The summed E-state index contributed by atoms with van der Waals surface area (Å²) < 4.78 is 6.51. The molecule has 0 fully saturated rings. The van der Waals surface area contributed by atoms with Gasteiger partial charge in [-0.1, -0.05) is 0 Å². The van der Waals surface area contributed by atoms with Gasteiger partial charge in [-0.25, -0.2) is 0 Å². The number of nitrogens with one attached hydrogen (secondary N) is 1. The van der Waals surface area contributed by atoms with Gasteiger partial charge in [0.15, 0.2) is 11.5 Å². The van der Waals surface area contributed by atoms with Gasteiger partial charge in [0.2, 0.25) is 6.33 Å². The molecule has 2 N–H and O–H groups in total. The number of ether oxygens (including phenoxy) is 1. The Morgan fingerprint density at radius 3 is 2.80 bits per heavy atom. The summed E-state index contributed by atoms with van der Waals surface area (Å²) in [6.07, 6.45) is 4.78. The molecule has 10 nitrogen and oxygen atoms in total. The molecule has 0 saturated carbocycles. The maximum Gasteiger partial charge on any atom is 0.288 e. The number of aromatic amines is 1. The Hall–Kier alpha value is -3.17. The van der Waals surface area contributed by atoms with Gasteiger partial charge in [0.05, 0.1) is 18.4 Å². The van der Waals surface area contributed by atoms with Crippen molar-refractivity contribution in [3.05, 3.63) is 51.7 Å². The van der Waals surface area contributed by atoms with E-state index in [1.807, 2.05) is 0 Å². The Kier molecular flexibility index (Phi) is 5.44. The standard InChI is InChI=1S/C10H10N4O2.NO3/c1-16-10-4-8(2-3-9(10)15)5-13-14-6-11-12-7-14;2-1(3)4/h2-7H,1H3,(H,13,15);/q;-1/p+1. The van der Waals surface area contributed by atoms with Crippen LogP contribution in [0.25, 0.3) is 0 Å². The van der Waals surface area contributed by atoms with Crippen LogP contribution >= 0.6 is 0 Å². The minimum atomic E-state index is -1.75. The molecule has 0 spiro atoms. The van der Waals surface area contributed by atoms with E-state index >= 15 is 0 Å². The lowest BCUT2D eigenvalue weighted by Gasteiger charge is -2.02. The molecule has 2 rings (SSSR count). The highest BCUT2D eigenvalue weighted by Gasteiger charge is 2.01. The Balaban J connectivity index is 0.000000444. The molecule has 2 aromatic rings. The van der Waals surface area contributed by atoms with Crippen LogP contribution in [-0.2, 0) is 0 Å². The number of benzene rings is 1. The van der Waals surface area contributed by atoms with Gasteiger partial charge in [-0.05, 0) is 23.8 Å². The van der Waals surface area contributed by atoms with Crippen molar-refractivity contribution in [2.45, 2.75) is 0 Å². The SMILES string of the molecule is COc1cc(/C=N/[n+]2cn[nH]c2)ccc1O.O=[N+]([O-])[O-]. The van der Waals surface area contributed by atoms with Crippen molar-refractivity contribution < 1.29 is 19.6 Å². The number of hydrogen-bond acceptors (Lipinski definition) is 7. The molecule has 0 aliphatic heterocycles. The molecule has 10 heteroatoms. The summed E-state index contributed by atoms with van der Waals surface area (Å²) in [5.41, 5.74) is 0.823. The first-order valence-electron chi connectivity index (χ1n) is 5.16. The molecule has 0 atom stereocenters. The van der Waals surface area contributed by atoms with Gasteiger partial charge in [0.1, 0.15) is 0 Å². The third kappa shape index (κ3) is 5.00. The minimum absolute atomic E-state index is 0.107. The maximum absolute atomic E-state index is 9.40. The number of phenolic OH excluding ortho intramolecular Hbond substituents is 1. The molecule has 0 aliphatic carbocycles. The van der Waals surface area contributed by atoms with Crippen molar-refractivity contribution >= 4 is 6.21 Å². The highest BCUT2D eigenvalue weighted by atomic mass is 16.9. The summed E-state index contributed by atoms with van der Waals surface area (Å²) in [6, 6.07) is 4.99. The molecular formula is C10H11N5O5. The Morgan fingerprint density at radius 1 is 1.55 bits per heavy atom. The summed E-state index contributed by atoms with van der Waals surface area (Å²) in [5, 5.41) is 34.6. The van der Waals surface area contributed by atoms with Crippen LogP contribution in [-0.4, -0.2) is 33.7 Å². The van der Waals surface area contributed by atoms with E-state index in [0.717, 1.165) is 5.56 Å². The summed E-state index contributed by atoms with van der Waals surface area (Å²) in [5.74, 6) is 0.525. The van der Waals surface area contributed by atoms with Crippen LogP contribution in [0.2, 0.25) is 0 Å². The fourth-order valence-electron chi connectivity index (χ4n) is 1.19. The van der Waals surface area contributed by atoms with Gasteiger partial charge in [0, 0.05) is 5.10 Å². The number of H-pyrrole nitrogens is 1. The zero-order valence-electron chi connectivity index (χ0n) is 10.3. The van der Waals surface area contributed by atoms with Crippen molar-refractivity contribution in [3.8, 4) is 11.5 Å². The van der Waals surface area contributed by atoms with E-state index in [9.17, 15) is 5.11 Å². The fourth-order valence-corrected chi connectivity index (χ4v) is 1.19. The number of aromatic nitrogens is 3. The molecule has 1 aromatic carbocycles. The Labute approximate surface area is 112 Å². The van der Waals surface area contributed by atoms with Crippen LogP contribution in [0.5, 0.6) is 11.5 Å². The third-order valence-corrected chi connectivity index (χ3v) is 1.98. The van der Waals surface area contributed by atoms with Gasteiger partial charge in [-0.15, -0.1) is 14.9 Å². The summed E-state index contributed by atoms with van der Waals surface area (Å²) in [7, 11) is 1.50. The highest BCUT2D eigenvalue weighted by Crippen LogP contribution is 2.25. The number of phenols is 1. The van der Waals surface area contributed by atoms with Crippen LogP contribution in [0, 0.1) is 15.3 Å². The molecule has 0 bridgehead atoms. The topological polar surface area (TPSA) is 141 Å². The normalized spacial score (nSPS) is 9.85. The molecule has 0 saturated heterocycles. The van der Waals surface area contributed by atoms with E-state index in [2.05, 4.69) is 15.3 Å². The average molecular weight is 281 g/mol. The first-order chi connectivity index (χ1) is 9.52. The van der Waals surface area contributed by atoms with E-state index in [4.69, 9.17) is 20.1 Å². The largest absolute Gasteiger partial charge is 0.504 e. The minimum Gasteiger partial charge on any atom is -0.504 e. The van der Waals surface area contributed by atoms with Crippen molar-refractivity contribution in [3.63, 3.8) is 0 Å². The summed E-state index contributed by atoms with van der Waals surface area (Å²) >= 11 is 0. The molecule has 0 aliphatic rings. The number of aromatic hydroxyl groups is 1. The second kappa shape index (κ2) is 7.31. The van der Waals surface area contributed by atoms with Gasteiger partial charge in [-0.3, -0.25) is 0 Å². The van der Waals surface area contributed by atoms with E-state index in [1.54, 1.807) is 30.7 Å². The zero-order valence-corrected chi connectivity index (χ0v) is 10.3. The third-order valence-electron chi connectivity index (χ3n) is 1.98. The molecule has 106 valence electrons. The lowest BCUT2D eigenvalue weighted by molar-refractivity contribution is -0.678. The van der Waals surface area contributed by atoms with E-state index in [1.165, 1.54) is 18.1 Å². The van der Waals surface area contributed by atoms with Crippen LogP contribution in [0.3, 0.4) is 0 Å². The van der Waals surface area contributed by atoms with Crippen molar-refractivity contribution in [2.75, 3.05) is 7.11 Å². The Bertz CT molecular complexity index is 580. The number of hydrogen-bond donors (Lipinski definition) is 2. The molecule has 0 unspecified atom stereocenters. The van der Waals surface area contributed by atoms with Crippen molar-refractivity contribution in [2.24, 2.45) is 5.10 Å². The van der Waals surface area contributed by atoms with E-state index < -0.39 is 5.09 Å². The number of methoxy groups -OCH3 is 1. The lowest BCUT2D eigenvalue weighted by Crippen LogP contribution is -2.23. The fraction of sp³-hybridized carbons (Fsp3) is 0.100. The predicted octanol–water partition coefficient (Wildman–Crippen LogP) is 0.0545.